The lowest BCUT2D eigenvalue weighted by Gasteiger charge is -2.49. The normalized spacial score (nSPS) is 32.6. The fourth-order valence-electron chi connectivity index (χ4n) is 5.07. The summed E-state index contributed by atoms with van der Waals surface area (Å²) in [4.78, 5) is 0. The van der Waals surface area contributed by atoms with Gasteiger partial charge in [0, 0.05) is 12.0 Å². The molecule has 0 aromatic heterocycles. The molecule has 1 aromatic rings. The Hall–Kier alpha value is -0.550. The molecule has 2 aliphatic rings. The molecule has 0 aliphatic carbocycles. The minimum Gasteiger partial charge on any atom is -0.363 e. The number of unbranched alkanes of at least 4 members (excludes halogenated alkanes) is 1. The van der Waals surface area contributed by atoms with E-state index in [9.17, 15) is 10.2 Å². The van der Waals surface area contributed by atoms with Gasteiger partial charge in [0.2, 0.25) is 11.6 Å². The molecule has 0 radical (unpaired) electrons. The van der Waals surface area contributed by atoms with Crippen molar-refractivity contribution in [1.29, 1.82) is 0 Å². The minimum absolute atomic E-state index is 0.0648. The Morgan fingerprint density at radius 2 is 1.30 bits per heavy atom. The van der Waals surface area contributed by atoms with Crippen LogP contribution in [0.2, 0.25) is 0 Å². The summed E-state index contributed by atoms with van der Waals surface area (Å²) in [7, 11) is -1.87. The highest BCUT2D eigenvalue weighted by Gasteiger charge is 2.78. The maximum atomic E-state index is 12.5. The van der Waals surface area contributed by atoms with Crippen LogP contribution in [-0.4, -0.2) is 21.6 Å². The molecular formula is C27H45O5P. The SMILES string of the molecule is CCCCC1(O)OP2OC(O)(c3c(C(C)(C)C)cc(C(C)(C)C)cc3C(C)(C)C)C1(CC)O2. The molecule has 0 amide bonds. The predicted octanol–water partition coefficient (Wildman–Crippen LogP) is 7.06. The van der Waals surface area contributed by atoms with Gasteiger partial charge in [-0.05, 0) is 45.8 Å². The minimum atomic E-state index is -1.87. The Morgan fingerprint density at radius 1 is 0.788 bits per heavy atom. The Morgan fingerprint density at radius 3 is 1.70 bits per heavy atom. The third kappa shape index (κ3) is 4.21. The maximum absolute atomic E-state index is 12.5. The van der Waals surface area contributed by atoms with Gasteiger partial charge in [-0.15, -0.1) is 0 Å². The van der Waals surface area contributed by atoms with Gasteiger partial charge in [0.1, 0.15) is 0 Å². The van der Waals surface area contributed by atoms with Crippen molar-refractivity contribution in [2.24, 2.45) is 0 Å². The van der Waals surface area contributed by atoms with Crippen LogP contribution in [0.4, 0.5) is 0 Å². The van der Waals surface area contributed by atoms with Crippen LogP contribution in [0.25, 0.3) is 0 Å². The zero-order valence-electron chi connectivity index (χ0n) is 22.5. The van der Waals surface area contributed by atoms with E-state index in [0.717, 1.165) is 29.5 Å². The number of hydrogen-bond donors (Lipinski definition) is 2. The molecule has 2 aliphatic heterocycles. The average Bonchev–Trinajstić information content (AvgIpc) is 3.12. The fraction of sp³-hybridized carbons (Fsp3) is 0.778. The maximum Gasteiger partial charge on any atom is 0.339 e. The van der Waals surface area contributed by atoms with Crippen LogP contribution < -0.4 is 0 Å². The van der Waals surface area contributed by atoms with Crippen molar-refractivity contribution in [3.63, 3.8) is 0 Å². The van der Waals surface area contributed by atoms with E-state index in [-0.39, 0.29) is 16.2 Å². The molecule has 4 unspecified atom stereocenters. The molecule has 2 saturated heterocycles. The van der Waals surface area contributed by atoms with Gasteiger partial charge in [-0.3, -0.25) is 13.6 Å². The Kier molecular flexibility index (Phi) is 6.76. The summed E-state index contributed by atoms with van der Waals surface area (Å²) >= 11 is 0. The first-order valence-corrected chi connectivity index (χ1v) is 13.5. The molecule has 2 heterocycles. The number of fused-ring (bicyclic) bond motifs is 2. The topological polar surface area (TPSA) is 68.2 Å². The van der Waals surface area contributed by atoms with Gasteiger partial charge in [-0.25, -0.2) is 0 Å². The van der Waals surface area contributed by atoms with E-state index in [4.69, 9.17) is 13.6 Å². The van der Waals surface area contributed by atoms with Crippen LogP contribution in [-0.2, 0) is 35.6 Å². The molecule has 33 heavy (non-hydrogen) atoms. The van der Waals surface area contributed by atoms with Crippen molar-refractivity contribution in [1.82, 2.24) is 0 Å². The molecule has 6 heteroatoms. The molecule has 0 spiro atoms. The first kappa shape index (κ1) is 27.0. The van der Waals surface area contributed by atoms with Gasteiger partial charge in [0.05, 0.1) is 0 Å². The van der Waals surface area contributed by atoms with Crippen molar-refractivity contribution in [2.45, 2.75) is 135 Å². The highest BCUT2D eigenvalue weighted by molar-refractivity contribution is 7.42. The number of benzene rings is 1. The number of rotatable bonds is 5. The van der Waals surface area contributed by atoms with E-state index >= 15 is 0 Å². The largest absolute Gasteiger partial charge is 0.363 e. The molecule has 0 saturated carbocycles. The zero-order valence-corrected chi connectivity index (χ0v) is 23.4. The van der Waals surface area contributed by atoms with E-state index in [1.54, 1.807) is 0 Å². The first-order valence-electron chi connectivity index (χ1n) is 12.4. The fourth-order valence-corrected chi connectivity index (χ4v) is 6.78. The Labute approximate surface area is 202 Å². The van der Waals surface area contributed by atoms with Gasteiger partial charge in [0.25, 0.3) is 0 Å². The summed E-state index contributed by atoms with van der Waals surface area (Å²) in [6, 6.07) is 4.42. The third-order valence-corrected chi connectivity index (χ3v) is 8.49. The molecule has 4 atom stereocenters. The Bertz CT molecular complexity index is 858. The smallest absolute Gasteiger partial charge is 0.339 e. The van der Waals surface area contributed by atoms with E-state index in [0.29, 0.717) is 12.8 Å². The van der Waals surface area contributed by atoms with Gasteiger partial charge in [0.15, 0.2) is 5.60 Å². The van der Waals surface area contributed by atoms with Gasteiger partial charge in [-0.1, -0.05) is 94.7 Å². The molecule has 1 aromatic carbocycles. The van der Waals surface area contributed by atoms with Crippen molar-refractivity contribution in [3.05, 3.63) is 34.4 Å². The summed E-state index contributed by atoms with van der Waals surface area (Å²) < 4.78 is 18.4. The van der Waals surface area contributed by atoms with Crippen LogP contribution in [0.3, 0.4) is 0 Å². The van der Waals surface area contributed by atoms with Crippen LogP contribution in [0.15, 0.2) is 12.1 Å². The molecule has 5 nitrogen and oxygen atoms in total. The predicted molar refractivity (Wildman–Crippen MR) is 134 cm³/mol. The summed E-state index contributed by atoms with van der Waals surface area (Å²) in [6.07, 6.45) is 2.42. The highest BCUT2D eigenvalue weighted by Crippen LogP contribution is 2.75. The first-order chi connectivity index (χ1) is 14.9. The van der Waals surface area contributed by atoms with Crippen LogP contribution in [0.1, 0.15) is 124 Å². The summed E-state index contributed by atoms with van der Waals surface area (Å²) in [6.45, 7) is 23.6. The molecule has 2 N–H and O–H groups in total. The second kappa shape index (κ2) is 8.25. The molecule has 2 bridgehead atoms. The van der Waals surface area contributed by atoms with Crippen LogP contribution in [0, 0.1) is 0 Å². The molecular weight excluding hydrogens is 435 g/mol. The summed E-state index contributed by atoms with van der Waals surface area (Å²) in [5.41, 5.74) is 1.95. The standard InChI is InChI=1S/C27H45O5P/c1-12-14-15-26(28)25(13-2)27(29,32-33(30-25)31-26)21-19(23(6,7)8)16-18(22(3,4)5)17-20(21)24(9,10)11/h16-17,28-29H,12-15H2,1-11H3. The average molecular weight is 481 g/mol. The zero-order chi connectivity index (χ0) is 25.3. The van der Waals surface area contributed by atoms with E-state index < -0.39 is 25.8 Å². The summed E-state index contributed by atoms with van der Waals surface area (Å²) in [5, 5.41) is 24.3. The van der Waals surface area contributed by atoms with Gasteiger partial charge < -0.3 is 10.2 Å². The Balaban J connectivity index is 2.40. The quantitative estimate of drug-likeness (QED) is 0.442. The van der Waals surface area contributed by atoms with Crippen molar-refractivity contribution in [3.8, 4) is 0 Å². The second-order valence-corrected chi connectivity index (χ2v) is 13.9. The van der Waals surface area contributed by atoms with E-state index in [2.05, 4.69) is 81.4 Å². The van der Waals surface area contributed by atoms with E-state index in [1.165, 1.54) is 5.56 Å². The van der Waals surface area contributed by atoms with E-state index in [1.807, 2.05) is 6.92 Å². The van der Waals surface area contributed by atoms with Crippen LogP contribution in [0.5, 0.6) is 0 Å². The second-order valence-electron chi connectivity index (χ2n) is 12.9. The number of hydrogen-bond acceptors (Lipinski definition) is 5. The molecule has 188 valence electrons. The lowest BCUT2D eigenvalue weighted by molar-refractivity contribution is -0.334. The van der Waals surface area contributed by atoms with Crippen molar-refractivity contribution in [2.75, 3.05) is 0 Å². The van der Waals surface area contributed by atoms with Gasteiger partial charge >= 0.3 is 8.60 Å². The molecule has 3 rings (SSSR count). The van der Waals surface area contributed by atoms with Crippen molar-refractivity contribution < 1.29 is 23.8 Å². The monoisotopic (exact) mass is 480 g/mol. The van der Waals surface area contributed by atoms with Crippen molar-refractivity contribution >= 4 is 8.60 Å². The highest BCUT2D eigenvalue weighted by atomic mass is 31.2. The van der Waals surface area contributed by atoms with Gasteiger partial charge in [-0.2, -0.15) is 0 Å². The summed E-state index contributed by atoms with van der Waals surface area (Å²) in [5.74, 6) is -3.43. The lowest BCUT2D eigenvalue weighted by Crippen LogP contribution is -2.65. The third-order valence-electron chi connectivity index (χ3n) is 7.17. The lowest BCUT2D eigenvalue weighted by atomic mass is 9.66. The molecule has 2 fully saturated rings. The van der Waals surface area contributed by atoms with Crippen LogP contribution >= 0.6 is 8.60 Å². The number of aliphatic hydroxyl groups is 2.